The molecule has 0 saturated carbocycles. The number of rotatable bonds is 4. The fourth-order valence-corrected chi connectivity index (χ4v) is 0.258. The standard InChI is InChI=1S/C4H8F2N2O/c5-3(6)1-9-2-4(7)8/h3H,1-2H2,(H3,7,8). The lowest BCUT2D eigenvalue weighted by Crippen LogP contribution is -2.19. The fourth-order valence-electron chi connectivity index (χ4n) is 0.258. The van der Waals surface area contributed by atoms with Crippen molar-refractivity contribution < 1.29 is 13.5 Å². The van der Waals surface area contributed by atoms with Crippen molar-refractivity contribution in [1.82, 2.24) is 0 Å². The van der Waals surface area contributed by atoms with Crippen molar-refractivity contribution in [3.8, 4) is 0 Å². The van der Waals surface area contributed by atoms with Gasteiger partial charge in [0.2, 0.25) is 0 Å². The van der Waals surface area contributed by atoms with Crippen LogP contribution in [0, 0.1) is 5.41 Å². The van der Waals surface area contributed by atoms with Crippen LogP contribution in [0.3, 0.4) is 0 Å². The molecule has 0 atom stereocenters. The van der Waals surface area contributed by atoms with Gasteiger partial charge < -0.3 is 10.5 Å². The third kappa shape index (κ3) is 7.29. The van der Waals surface area contributed by atoms with Gasteiger partial charge in [0, 0.05) is 0 Å². The molecule has 5 heteroatoms. The zero-order valence-corrected chi connectivity index (χ0v) is 4.73. The van der Waals surface area contributed by atoms with E-state index in [1.165, 1.54) is 0 Å². The number of amidine groups is 1. The van der Waals surface area contributed by atoms with Crippen LogP contribution in [0.2, 0.25) is 0 Å². The Bertz CT molecular complexity index is 96.6. The van der Waals surface area contributed by atoms with Gasteiger partial charge in [0.1, 0.15) is 19.0 Å². The molecule has 0 aliphatic rings. The molecule has 9 heavy (non-hydrogen) atoms. The van der Waals surface area contributed by atoms with Crippen LogP contribution < -0.4 is 5.73 Å². The summed E-state index contributed by atoms with van der Waals surface area (Å²) >= 11 is 0. The van der Waals surface area contributed by atoms with Crippen molar-refractivity contribution in [2.45, 2.75) is 6.43 Å². The molecule has 0 aromatic heterocycles. The second-order valence-electron chi connectivity index (χ2n) is 1.43. The maximum absolute atomic E-state index is 11.2. The first-order valence-electron chi connectivity index (χ1n) is 2.31. The molecule has 0 radical (unpaired) electrons. The van der Waals surface area contributed by atoms with Crippen LogP contribution in [0.5, 0.6) is 0 Å². The third-order valence-corrected chi connectivity index (χ3v) is 0.501. The van der Waals surface area contributed by atoms with Gasteiger partial charge in [-0.2, -0.15) is 0 Å². The molecular formula is C4H8F2N2O. The van der Waals surface area contributed by atoms with Crippen LogP contribution in [-0.2, 0) is 4.74 Å². The molecule has 0 rings (SSSR count). The van der Waals surface area contributed by atoms with Crippen molar-refractivity contribution in [1.29, 1.82) is 5.41 Å². The summed E-state index contributed by atoms with van der Waals surface area (Å²) in [4.78, 5) is 0. The average molecular weight is 138 g/mol. The van der Waals surface area contributed by atoms with Crippen molar-refractivity contribution in [2.24, 2.45) is 5.73 Å². The number of nitrogens with one attached hydrogen (secondary N) is 1. The number of nitrogens with two attached hydrogens (primary N) is 1. The normalized spacial score (nSPS) is 10.1. The van der Waals surface area contributed by atoms with E-state index in [2.05, 4.69) is 4.74 Å². The smallest absolute Gasteiger partial charge is 0.261 e. The summed E-state index contributed by atoms with van der Waals surface area (Å²) in [5, 5.41) is 6.55. The highest BCUT2D eigenvalue weighted by Crippen LogP contribution is 1.90. The highest BCUT2D eigenvalue weighted by molar-refractivity contribution is 5.78. The molecule has 0 aliphatic heterocycles. The predicted molar refractivity (Wildman–Crippen MR) is 28.7 cm³/mol. The summed E-state index contributed by atoms with van der Waals surface area (Å²) in [5.74, 6) is -0.240. The van der Waals surface area contributed by atoms with E-state index in [0.717, 1.165) is 0 Å². The van der Waals surface area contributed by atoms with E-state index in [9.17, 15) is 8.78 Å². The second kappa shape index (κ2) is 4.20. The monoisotopic (exact) mass is 138 g/mol. The van der Waals surface area contributed by atoms with Gasteiger partial charge in [-0.25, -0.2) is 8.78 Å². The quantitative estimate of drug-likeness (QED) is 0.430. The lowest BCUT2D eigenvalue weighted by molar-refractivity contribution is 0.0320. The van der Waals surface area contributed by atoms with Crippen LogP contribution in [0.4, 0.5) is 8.78 Å². The average Bonchev–Trinajstić information content (AvgIpc) is 1.63. The van der Waals surface area contributed by atoms with Gasteiger partial charge in [0.15, 0.2) is 0 Å². The number of hydrogen-bond donors (Lipinski definition) is 2. The van der Waals surface area contributed by atoms with Crippen LogP contribution >= 0.6 is 0 Å². The zero-order valence-electron chi connectivity index (χ0n) is 4.73. The summed E-state index contributed by atoms with van der Waals surface area (Å²) in [7, 11) is 0. The van der Waals surface area contributed by atoms with E-state index in [-0.39, 0.29) is 12.4 Å². The van der Waals surface area contributed by atoms with E-state index in [4.69, 9.17) is 11.1 Å². The van der Waals surface area contributed by atoms with Gasteiger partial charge in [0.25, 0.3) is 6.43 Å². The zero-order chi connectivity index (χ0) is 7.28. The Morgan fingerprint density at radius 1 is 1.67 bits per heavy atom. The Labute approximate surface area is 51.3 Å². The minimum Gasteiger partial charge on any atom is -0.386 e. The number of ether oxygens (including phenoxy) is 1. The van der Waals surface area contributed by atoms with Crippen LogP contribution in [0.25, 0.3) is 0 Å². The fraction of sp³-hybridized carbons (Fsp3) is 0.750. The molecule has 0 amide bonds. The summed E-state index contributed by atoms with van der Waals surface area (Å²) in [5.41, 5.74) is 4.79. The lowest BCUT2D eigenvalue weighted by Gasteiger charge is -1.99. The first kappa shape index (κ1) is 8.29. The Balaban J connectivity index is 3.01. The Morgan fingerprint density at radius 2 is 2.22 bits per heavy atom. The van der Waals surface area contributed by atoms with Crippen molar-refractivity contribution >= 4 is 5.84 Å². The summed E-state index contributed by atoms with van der Waals surface area (Å²) in [6, 6.07) is 0. The molecule has 0 aromatic rings. The first-order valence-corrected chi connectivity index (χ1v) is 2.31. The maximum Gasteiger partial charge on any atom is 0.261 e. The minimum absolute atomic E-state index is 0.218. The van der Waals surface area contributed by atoms with Gasteiger partial charge in [0.05, 0.1) is 0 Å². The van der Waals surface area contributed by atoms with Gasteiger partial charge in [-0.1, -0.05) is 0 Å². The SMILES string of the molecule is N=C(N)COCC(F)F. The molecule has 0 fully saturated rings. The summed E-state index contributed by atoms with van der Waals surface area (Å²) < 4.78 is 26.8. The molecule has 0 saturated heterocycles. The number of halogens is 2. The van der Waals surface area contributed by atoms with Gasteiger partial charge in [-0.05, 0) is 0 Å². The predicted octanol–water partition coefficient (Wildman–Crippen LogP) is 0.204. The molecule has 0 aliphatic carbocycles. The Hall–Kier alpha value is -0.710. The molecule has 0 aromatic carbocycles. The minimum atomic E-state index is -2.48. The first-order chi connectivity index (χ1) is 4.13. The van der Waals surface area contributed by atoms with Gasteiger partial charge in [-0.15, -0.1) is 0 Å². The highest BCUT2D eigenvalue weighted by atomic mass is 19.3. The van der Waals surface area contributed by atoms with Crippen molar-refractivity contribution in [3.05, 3.63) is 0 Å². The van der Waals surface area contributed by atoms with E-state index in [0.29, 0.717) is 0 Å². The second-order valence-corrected chi connectivity index (χ2v) is 1.43. The topological polar surface area (TPSA) is 59.1 Å². The largest absolute Gasteiger partial charge is 0.386 e. The number of hydrogen-bond acceptors (Lipinski definition) is 2. The summed E-state index contributed by atoms with van der Waals surface area (Å²) in [6.45, 7) is -0.871. The van der Waals surface area contributed by atoms with Gasteiger partial charge >= 0.3 is 0 Å². The van der Waals surface area contributed by atoms with E-state index >= 15 is 0 Å². The molecule has 3 nitrogen and oxygen atoms in total. The van der Waals surface area contributed by atoms with Crippen LogP contribution in [-0.4, -0.2) is 25.5 Å². The Kier molecular flexibility index (Phi) is 3.87. The third-order valence-electron chi connectivity index (χ3n) is 0.501. The van der Waals surface area contributed by atoms with Crippen LogP contribution in [0.1, 0.15) is 0 Å². The number of alkyl halides is 2. The molecule has 0 bridgehead atoms. The van der Waals surface area contributed by atoms with E-state index in [1.807, 2.05) is 0 Å². The van der Waals surface area contributed by atoms with E-state index < -0.39 is 13.0 Å². The molecule has 54 valence electrons. The molecule has 0 unspecified atom stereocenters. The van der Waals surface area contributed by atoms with Crippen LogP contribution in [0.15, 0.2) is 0 Å². The molecular weight excluding hydrogens is 130 g/mol. The summed E-state index contributed by atoms with van der Waals surface area (Å²) in [6.07, 6.45) is -2.48. The lowest BCUT2D eigenvalue weighted by atomic mass is 10.6. The maximum atomic E-state index is 11.2. The molecule has 3 N–H and O–H groups in total. The Morgan fingerprint density at radius 3 is 2.56 bits per heavy atom. The van der Waals surface area contributed by atoms with Gasteiger partial charge in [-0.3, -0.25) is 5.41 Å². The molecule has 0 heterocycles. The van der Waals surface area contributed by atoms with Crippen molar-refractivity contribution in [2.75, 3.05) is 13.2 Å². The van der Waals surface area contributed by atoms with E-state index in [1.54, 1.807) is 0 Å². The highest BCUT2D eigenvalue weighted by Gasteiger charge is 2.00. The molecule has 0 spiro atoms. The van der Waals surface area contributed by atoms with Crippen molar-refractivity contribution in [3.63, 3.8) is 0 Å².